The van der Waals surface area contributed by atoms with Crippen molar-refractivity contribution in [3.63, 3.8) is 0 Å². The molecule has 0 saturated heterocycles. The third kappa shape index (κ3) is 10.5. The molecule has 3 aromatic heterocycles. The Hall–Kier alpha value is -4.45. The molecule has 0 N–H and O–H groups in total. The van der Waals surface area contributed by atoms with E-state index in [-0.39, 0.29) is 30.9 Å². The summed E-state index contributed by atoms with van der Waals surface area (Å²) in [5.41, 5.74) is 13.4. The Kier molecular flexibility index (Phi) is 13.7. The van der Waals surface area contributed by atoms with Gasteiger partial charge in [-0.1, -0.05) is 169 Å². The van der Waals surface area contributed by atoms with Gasteiger partial charge in [0.1, 0.15) is 0 Å². The van der Waals surface area contributed by atoms with Gasteiger partial charge in [0.2, 0.25) is 0 Å². The topological polar surface area (TPSA) is 30.7 Å². The average molecular weight is 1000 g/mol. The Bertz CT molecular complexity index is 2670. The second-order valence-corrected chi connectivity index (χ2v) is 25.5. The number of imidazole rings is 1. The van der Waals surface area contributed by atoms with Crippen molar-refractivity contribution in [2.45, 2.75) is 93.3 Å². The standard InChI is InChI=1S/C36H35N2S.C18H24NSi.Ir/c1-35(2,3)22-24-11-20-33-29(21-24)30(23-39-33)34-37-31-9-7-8-10-32(31)38(34)28-18-14-26(15-19-28)25-12-16-27(17-13-25)36(4,5)6;1-14(2)11-16-12-17(15-9-7-6-8-10-15)19-13-18(16)20(3,4)5;/h7-21H,22H2,1-6H3;6-9,12-14H,11H2,1-5H3;/q2*-1;. The van der Waals surface area contributed by atoms with Gasteiger partial charge < -0.3 is 9.55 Å². The Morgan fingerprint density at radius 3 is 2.05 bits per heavy atom. The first-order valence-corrected chi connectivity index (χ1v) is 25.3. The maximum Gasteiger partial charge on any atom is 0.0798 e. The number of nitrogens with zero attached hydrogens (tertiary/aromatic N) is 3. The number of para-hydroxylation sites is 2. The van der Waals surface area contributed by atoms with Gasteiger partial charge in [0.15, 0.2) is 0 Å². The summed E-state index contributed by atoms with van der Waals surface area (Å²) in [4.78, 5) is 9.82. The summed E-state index contributed by atoms with van der Waals surface area (Å²) in [5.74, 6) is 1.61. The van der Waals surface area contributed by atoms with Crippen LogP contribution >= 0.6 is 11.3 Å². The predicted molar refractivity (Wildman–Crippen MR) is 258 cm³/mol. The number of hydrogen-bond donors (Lipinski definition) is 0. The number of aromatic nitrogens is 3. The maximum atomic E-state index is 5.14. The van der Waals surface area contributed by atoms with Gasteiger partial charge in [0, 0.05) is 32.0 Å². The van der Waals surface area contributed by atoms with Crippen LogP contribution < -0.4 is 5.19 Å². The minimum absolute atomic E-state index is 0. The largest absolute Gasteiger partial charge is 0.333 e. The molecule has 0 aliphatic carbocycles. The van der Waals surface area contributed by atoms with Gasteiger partial charge in [-0.05, 0) is 81.4 Å². The second-order valence-electron chi connectivity index (χ2n) is 19.6. The Morgan fingerprint density at radius 2 is 1.43 bits per heavy atom. The number of hydrogen-bond acceptors (Lipinski definition) is 3. The molecule has 3 heterocycles. The SMILES string of the molecule is CC(C)(C)Cc1ccc2s[c-]c(-c3nc4ccccc4n3-c3ccc(-c4ccc(C(C)(C)C)cc4)cc3)c2c1.CC(C)Cc1cc(-c2[c-]cccc2)ncc1[Si](C)(C)C.[Ir]. The number of fused-ring (bicyclic) bond motifs is 2. The molecule has 0 aliphatic heterocycles. The first-order valence-electron chi connectivity index (χ1n) is 21.0. The number of thiophene rings is 1. The van der Waals surface area contributed by atoms with Crippen molar-refractivity contribution >= 4 is 45.7 Å². The first kappa shape index (κ1) is 45.1. The third-order valence-electron chi connectivity index (χ3n) is 10.7. The summed E-state index contributed by atoms with van der Waals surface area (Å²) in [6, 6.07) is 46.7. The van der Waals surface area contributed by atoms with Crippen molar-refractivity contribution in [1.29, 1.82) is 0 Å². The van der Waals surface area contributed by atoms with Crippen LogP contribution in [0.25, 0.3) is 60.6 Å². The number of benzene rings is 5. The van der Waals surface area contributed by atoms with Crippen molar-refractivity contribution in [1.82, 2.24) is 14.5 Å². The fraction of sp³-hybridized carbons (Fsp3) is 0.296. The summed E-state index contributed by atoms with van der Waals surface area (Å²) in [6.07, 6.45) is 4.27. The van der Waals surface area contributed by atoms with Crippen LogP contribution in [0.1, 0.15) is 72.1 Å². The van der Waals surface area contributed by atoms with E-state index in [1.165, 1.54) is 43.1 Å². The van der Waals surface area contributed by atoms with Crippen molar-refractivity contribution < 1.29 is 20.1 Å². The molecule has 8 aromatic rings. The van der Waals surface area contributed by atoms with Gasteiger partial charge in [0.25, 0.3) is 0 Å². The van der Waals surface area contributed by atoms with Crippen LogP contribution in [0, 0.1) is 22.8 Å². The van der Waals surface area contributed by atoms with Crippen molar-refractivity contribution in [2.24, 2.45) is 11.3 Å². The van der Waals surface area contributed by atoms with Crippen molar-refractivity contribution in [2.75, 3.05) is 0 Å². The number of pyridine rings is 1. The molecule has 6 heteroatoms. The third-order valence-corrected chi connectivity index (χ3v) is 13.7. The fourth-order valence-corrected chi connectivity index (χ4v) is 10.2. The molecule has 5 aromatic carbocycles. The van der Waals surface area contributed by atoms with E-state index in [2.05, 4.69) is 205 Å². The maximum absolute atomic E-state index is 5.14. The van der Waals surface area contributed by atoms with Gasteiger partial charge in [0.05, 0.1) is 24.9 Å². The molecule has 0 atom stereocenters. The predicted octanol–water partition coefficient (Wildman–Crippen LogP) is 14.6. The van der Waals surface area contributed by atoms with Gasteiger partial charge in [-0.2, -0.15) is 0 Å². The van der Waals surface area contributed by atoms with Crippen molar-refractivity contribution in [3.05, 3.63) is 156 Å². The van der Waals surface area contributed by atoms with Gasteiger partial charge in [-0.3, -0.25) is 16.3 Å². The summed E-state index contributed by atoms with van der Waals surface area (Å²) in [7, 11) is -1.34. The molecular formula is C54H59IrN3SSi-2. The molecule has 0 saturated carbocycles. The normalized spacial score (nSPS) is 12.1. The fourth-order valence-electron chi connectivity index (χ4n) is 7.81. The summed E-state index contributed by atoms with van der Waals surface area (Å²) in [5, 5.41) is 6.33. The van der Waals surface area contributed by atoms with E-state index >= 15 is 0 Å². The molecule has 60 heavy (non-hydrogen) atoms. The molecule has 311 valence electrons. The summed E-state index contributed by atoms with van der Waals surface area (Å²) >= 11 is 1.67. The van der Waals surface area contributed by atoms with E-state index in [0.29, 0.717) is 5.92 Å². The van der Waals surface area contributed by atoms with E-state index in [4.69, 9.17) is 4.98 Å². The minimum atomic E-state index is -1.34. The van der Waals surface area contributed by atoms with Crippen LogP contribution in [0.5, 0.6) is 0 Å². The Balaban J connectivity index is 0.000000243. The van der Waals surface area contributed by atoms with E-state index in [9.17, 15) is 0 Å². The molecule has 0 unspecified atom stereocenters. The molecule has 0 amide bonds. The molecule has 8 rings (SSSR count). The molecule has 1 radical (unpaired) electrons. The zero-order chi connectivity index (χ0) is 42.1. The van der Waals surface area contributed by atoms with E-state index in [1.807, 2.05) is 18.2 Å². The molecule has 0 aliphatic rings. The zero-order valence-electron chi connectivity index (χ0n) is 37.2. The van der Waals surface area contributed by atoms with Crippen LogP contribution in [0.15, 0.2) is 128 Å². The van der Waals surface area contributed by atoms with Gasteiger partial charge >= 0.3 is 0 Å². The van der Waals surface area contributed by atoms with E-state index < -0.39 is 8.07 Å². The Labute approximate surface area is 377 Å². The summed E-state index contributed by atoms with van der Waals surface area (Å²) < 4.78 is 3.53. The second kappa shape index (κ2) is 18.3. The van der Waals surface area contributed by atoms with Crippen LogP contribution in [-0.4, -0.2) is 22.6 Å². The van der Waals surface area contributed by atoms with Crippen molar-refractivity contribution in [3.8, 4) is 39.5 Å². The van der Waals surface area contributed by atoms with Gasteiger partial charge in [-0.25, -0.2) is 0 Å². The van der Waals surface area contributed by atoms with Crippen LogP contribution in [-0.2, 0) is 38.4 Å². The molecule has 0 bridgehead atoms. The summed E-state index contributed by atoms with van der Waals surface area (Å²) in [6.45, 7) is 25.4. The smallest absolute Gasteiger partial charge is 0.0798 e. The van der Waals surface area contributed by atoms with Crippen LogP contribution in [0.2, 0.25) is 19.6 Å². The van der Waals surface area contributed by atoms with E-state index in [0.717, 1.165) is 52.2 Å². The van der Waals surface area contributed by atoms with Gasteiger partial charge in [-0.15, -0.1) is 47.3 Å². The van der Waals surface area contributed by atoms with Crippen LogP contribution in [0.4, 0.5) is 0 Å². The minimum Gasteiger partial charge on any atom is -0.333 e. The Morgan fingerprint density at radius 1 is 0.767 bits per heavy atom. The average Bonchev–Trinajstić information content (AvgIpc) is 3.78. The quantitative estimate of drug-likeness (QED) is 0.112. The van der Waals surface area contributed by atoms with Crippen LogP contribution in [0.3, 0.4) is 0 Å². The monoisotopic (exact) mass is 1000 g/mol. The number of rotatable bonds is 8. The molecule has 0 fully saturated rings. The zero-order valence-corrected chi connectivity index (χ0v) is 41.4. The first-order chi connectivity index (χ1) is 27.9. The molecular weight excluding hydrogens is 943 g/mol. The molecule has 3 nitrogen and oxygen atoms in total. The van der Waals surface area contributed by atoms with E-state index in [1.54, 1.807) is 11.3 Å². The molecule has 0 spiro atoms.